The number of carbonyl (C=O) groups excluding carboxylic acids is 1. The monoisotopic (exact) mass is 352 g/mol. The van der Waals surface area contributed by atoms with Crippen LogP contribution in [0, 0.1) is 25.7 Å². The SMILES string of the molecule is Cc1cccc(C)c1OCC(NC(=O)C(C)C1CNC1)c1ccccc1. The quantitative estimate of drug-likeness (QED) is 0.803. The molecule has 0 aromatic heterocycles. The van der Waals surface area contributed by atoms with E-state index in [9.17, 15) is 4.79 Å². The number of carbonyl (C=O) groups is 1. The Balaban J connectivity index is 1.72. The van der Waals surface area contributed by atoms with Crippen molar-refractivity contribution < 1.29 is 9.53 Å². The fourth-order valence-electron chi connectivity index (χ4n) is 3.28. The lowest BCUT2D eigenvalue weighted by Crippen LogP contribution is -2.50. The van der Waals surface area contributed by atoms with Crippen LogP contribution in [-0.4, -0.2) is 25.6 Å². The lowest BCUT2D eigenvalue weighted by molar-refractivity contribution is -0.127. The largest absolute Gasteiger partial charge is 0.491 e. The Labute approximate surface area is 156 Å². The number of rotatable bonds is 7. The average molecular weight is 352 g/mol. The number of nitrogens with one attached hydrogen (secondary N) is 2. The van der Waals surface area contributed by atoms with Crippen LogP contribution in [0.3, 0.4) is 0 Å². The molecule has 4 heteroatoms. The third kappa shape index (κ3) is 4.25. The summed E-state index contributed by atoms with van der Waals surface area (Å²) >= 11 is 0. The Kier molecular flexibility index (Phi) is 5.94. The molecule has 26 heavy (non-hydrogen) atoms. The fraction of sp³-hybridized carbons (Fsp3) is 0.409. The van der Waals surface area contributed by atoms with Gasteiger partial charge in [-0.15, -0.1) is 0 Å². The van der Waals surface area contributed by atoms with Gasteiger partial charge in [0, 0.05) is 5.92 Å². The van der Waals surface area contributed by atoms with E-state index in [-0.39, 0.29) is 17.9 Å². The molecule has 1 amide bonds. The molecule has 1 saturated heterocycles. The first-order valence-corrected chi connectivity index (χ1v) is 9.31. The van der Waals surface area contributed by atoms with Gasteiger partial charge in [0.05, 0.1) is 6.04 Å². The summed E-state index contributed by atoms with van der Waals surface area (Å²) in [6.07, 6.45) is 0. The van der Waals surface area contributed by atoms with Gasteiger partial charge in [0.1, 0.15) is 12.4 Å². The molecular formula is C22H28N2O2. The third-order valence-electron chi connectivity index (χ3n) is 5.26. The van der Waals surface area contributed by atoms with E-state index in [0.29, 0.717) is 12.5 Å². The zero-order chi connectivity index (χ0) is 18.5. The summed E-state index contributed by atoms with van der Waals surface area (Å²) in [6.45, 7) is 8.35. The summed E-state index contributed by atoms with van der Waals surface area (Å²) in [5.74, 6) is 1.42. The van der Waals surface area contributed by atoms with Gasteiger partial charge in [0.25, 0.3) is 0 Å². The predicted molar refractivity (Wildman–Crippen MR) is 104 cm³/mol. The molecule has 1 aliphatic rings. The van der Waals surface area contributed by atoms with E-state index in [4.69, 9.17) is 4.74 Å². The zero-order valence-corrected chi connectivity index (χ0v) is 15.8. The van der Waals surface area contributed by atoms with E-state index in [0.717, 1.165) is 35.5 Å². The first-order chi connectivity index (χ1) is 12.6. The second-order valence-corrected chi connectivity index (χ2v) is 7.21. The minimum atomic E-state index is -0.168. The van der Waals surface area contributed by atoms with Crippen molar-refractivity contribution in [3.63, 3.8) is 0 Å². The minimum absolute atomic E-state index is 0.00246. The van der Waals surface area contributed by atoms with Crippen molar-refractivity contribution in [3.8, 4) is 5.75 Å². The molecule has 2 aromatic rings. The molecule has 138 valence electrons. The maximum atomic E-state index is 12.7. The second-order valence-electron chi connectivity index (χ2n) is 7.21. The molecule has 1 aliphatic heterocycles. The molecule has 0 spiro atoms. The summed E-state index contributed by atoms with van der Waals surface area (Å²) < 4.78 is 6.14. The van der Waals surface area contributed by atoms with Crippen molar-refractivity contribution >= 4 is 5.91 Å². The van der Waals surface area contributed by atoms with Gasteiger partial charge < -0.3 is 15.4 Å². The van der Waals surface area contributed by atoms with Crippen LogP contribution in [0.1, 0.15) is 29.7 Å². The molecule has 0 aliphatic carbocycles. The predicted octanol–water partition coefficient (Wildman–Crippen LogP) is 3.40. The topological polar surface area (TPSA) is 50.4 Å². The van der Waals surface area contributed by atoms with E-state index in [1.807, 2.05) is 69.3 Å². The Bertz CT molecular complexity index is 721. The average Bonchev–Trinajstić information content (AvgIpc) is 2.59. The van der Waals surface area contributed by atoms with Crippen LogP contribution in [0.25, 0.3) is 0 Å². The first kappa shape index (κ1) is 18.5. The van der Waals surface area contributed by atoms with E-state index in [1.165, 1.54) is 0 Å². The molecule has 2 atom stereocenters. The molecule has 2 unspecified atom stereocenters. The highest BCUT2D eigenvalue weighted by Crippen LogP contribution is 2.25. The number of hydrogen-bond donors (Lipinski definition) is 2. The number of aryl methyl sites for hydroxylation is 2. The van der Waals surface area contributed by atoms with Crippen LogP contribution in [-0.2, 0) is 4.79 Å². The maximum absolute atomic E-state index is 12.7. The molecule has 1 heterocycles. The van der Waals surface area contributed by atoms with Crippen molar-refractivity contribution in [1.82, 2.24) is 10.6 Å². The smallest absolute Gasteiger partial charge is 0.223 e. The summed E-state index contributed by atoms with van der Waals surface area (Å²) in [4.78, 5) is 12.7. The number of para-hydroxylation sites is 1. The minimum Gasteiger partial charge on any atom is -0.491 e. The van der Waals surface area contributed by atoms with Crippen LogP contribution in [0.5, 0.6) is 5.75 Å². The van der Waals surface area contributed by atoms with Crippen molar-refractivity contribution in [3.05, 3.63) is 65.2 Å². The number of ether oxygens (including phenoxy) is 1. The van der Waals surface area contributed by atoms with Crippen LogP contribution >= 0.6 is 0 Å². The van der Waals surface area contributed by atoms with Crippen LogP contribution in [0.15, 0.2) is 48.5 Å². The van der Waals surface area contributed by atoms with Gasteiger partial charge in [-0.1, -0.05) is 55.5 Å². The van der Waals surface area contributed by atoms with Crippen molar-refractivity contribution in [1.29, 1.82) is 0 Å². The van der Waals surface area contributed by atoms with E-state index >= 15 is 0 Å². The van der Waals surface area contributed by atoms with Gasteiger partial charge >= 0.3 is 0 Å². The van der Waals surface area contributed by atoms with Gasteiger partial charge in [0.2, 0.25) is 5.91 Å². The van der Waals surface area contributed by atoms with Gasteiger partial charge in [-0.2, -0.15) is 0 Å². The summed E-state index contributed by atoms with van der Waals surface area (Å²) in [6, 6.07) is 16.0. The molecule has 3 rings (SSSR count). The van der Waals surface area contributed by atoms with E-state index in [2.05, 4.69) is 10.6 Å². The van der Waals surface area contributed by atoms with Crippen molar-refractivity contribution in [2.24, 2.45) is 11.8 Å². The van der Waals surface area contributed by atoms with Gasteiger partial charge in [-0.3, -0.25) is 4.79 Å². The summed E-state index contributed by atoms with van der Waals surface area (Å²) in [5.41, 5.74) is 3.28. The van der Waals surface area contributed by atoms with E-state index < -0.39 is 0 Å². The summed E-state index contributed by atoms with van der Waals surface area (Å²) in [5, 5.41) is 6.44. The van der Waals surface area contributed by atoms with Gasteiger partial charge in [-0.05, 0) is 49.5 Å². The molecule has 4 nitrogen and oxygen atoms in total. The van der Waals surface area contributed by atoms with Gasteiger partial charge in [0.15, 0.2) is 0 Å². The first-order valence-electron chi connectivity index (χ1n) is 9.31. The zero-order valence-electron chi connectivity index (χ0n) is 15.8. The van der Waals surface area contributed by atoms with Gasteiger partial charge in [-0.25, -0.2) is 0 Å². The number of amides is 1. The lowest BCUT2D eigenvalue weighted by Gasteiger charge is -2.33. The standard InChI is InChI=1S/C22H28N2O2/c1-15-8-7-9-16(2)21(15)26-14-20(18-10-5-4-6-11-18)24-22(25)17(3)19-12-23-13-19/h4-11,17,19-20,23H,12-14H2,1-3H3,(H,24,25). The molecule has 2 N–H and O–H groups in total. The maximum Gasteiger partial charge on any atom is 0.223 e. The van der Waals surface area contributed by atoms with E-state index in [1.54, 1.807) is 0 Å². The fourth-order valence-corrected chi connectivity index (χ4v) is 3.28. The number of benzene rings is 2. The molecule has 1 fully saturated rings. The molecular weight excluding hydrogens is 324 g/mol. The van der Waals surface area contributed by atoms with Crippen LogP contribution in [0.2, 0.25) is 0 Å². The number of hydrogen-bond acceptors (Lipinski definition) is 3. The Morgan fingerprint density at radius 1 is 1.12 bits per heavy atom. The normalized spacial score (nSPS) is 16.4. The molecule has 0 bridgehead atoms. The Morgan fingerprint density at radius 3 is 2.35 bits per heavy atom. The Morgan fingerprint density at radius 2 is 1.77 bits per heavy atom. The second kappa shape index (κ2) is 8.37. The van der Waals surface area contributed by atoms with Crippen molar-refractivity contribution in [2.75, 3.05) is 19.7 Å². The van der Waals surface area contributed by atoms with Crippen LogP contribution in [0.4, 0.5) is 0 Å². The Hall–Kier alpha value is -2.33. The highest BCUT2D eigenvalue weighted by Gasteiger charge is 2.30. The highest BCUT2D eigenvalue weighted by atomic mass is 16.5. The third-order valence-corrected chi connectivity index (χ3v) is 5.26. The lowest BCUT2D eigenvalue weighted by atomic mass is 9.88. The van der Waals surface area contributed by atoms with Crippen molar-refractivity contribution in [2.45, 2.75) is 26.8 Å². The highest BCUT2D eigenvalue weighted by molar-refractivity contribution is 5.79. The molecule has 0 saturated carbocycles. The van der Waals surface area contributed by atoms with Crippen LogP contribution < -0.4 is 15.4 Å². The molecule has 0 radical (unpaired) electrons. The molecule has 2 aromatic carbocycles. The summed E-state index contributed by atoms with van der Waals surface area (Å²) in [7, 11) is 0.